The summed E-state index contributed by atoms with van der Waals surface area (Å²) in [5, 5.41) is 2.74. The Hall–Kier alpha value is -0.620. The minimum absolute atomic E-state index is 0.227. The number of nitrogens with two attached hydrogens (primary N) is 1. The van der Waals surface area contributed by atoms with E-state index in [4.69, 9.17) is 5.73 Å². The molecule has 0 bridgehead atoms. The Morgan fingerprint density at radius 2 is 1.84 bits per heavy atom. The topological polar surface area (TPSA) is 55.1 Å². The number of rotatable bonds is 11. The first kappa shape index (κ1) is 18.4. The third-order valence-electron chi connectivity index (χ3n) is 2.96. The normalized spacial score (nSPS) is 13.5. The van der Waals surface area contributed by atoms with Gasteiger partial charge in [0.05, 0.1) is 6.04 Å². The molecule has 3 nitrogen and oxygen atoms in total. The largest absolute Gasteiger partial charge is 0.451 e. The number of nitrogens with one attached hydrogen (secondary N) is 1. The summed E-state index contributed by atoms with van der Waals surface area (Å²) in [6.07, 6.45) is 0.340. The molecule has 0 aliphatic heterocycles. The van der Waals surface area contributed by atoms with Crippen LogP contribution in [0.15, 0.2) is 0 Å². The first-order chi connectivity index (χ1) is 8.93. The van der Waals surface area contributed by atoms with Crippen molar-refractivity contribution < 1.29 is 18.0 Å². The summed E-state index contributed by atoms with van der Waals surface area (Å²) < 4.78 is 37.3. The Morgan fingerprint density at radius 1 is 1.16 bits per heavy atom. The van der Waals surface area contributed by atoms with Crippen LogP contribution in [0.25, 0.3) is 0 Å². The van der Waals surface area contributed by atoms with E-state index >= 15 is 0 Å². The number of alkyl halides is 3. The molecule has 0 saturated carbocycles. The molecule has 6 heteroatoms. The molecule has 0 radical (unpaired) electrons. The quantitative estimate of drug-likeness (QED) is 0.573. The molecule has 0 aromatic rings. The van der Waals surface area contributed by atoms with Gasteiger partial charge in [-0.3, -0.25) is 4.79 Å². The van der Waals surface area contributed by atoms with Crippen molar-refractivity contribution in [3.63, 3.8) is 0 Å². The van der Waals surface area contributed by atoms with Gasteiger partial charge in [-0.1, -0.05) is 32.6 Å². The van der Waals surface area contributed by atoms with Crippen LogP contribution in [0.2, 0.25) is 0 Å². The maximum absolute atomic E-state index is 12.4. The van der Waals surface area contributed by atoms with Crippen molar-refractivity contribution in [2.45, 2.75) is 64.1 Å². The van der Waals surface area contributed by atoms with E-state index in [0.717, 1.165) is 32.1 Å². The minimum atomic E-state index is -4.75. The summed E-state index contributed by atoms with van der Waals surface area (Å²) >= 11 is 0. The third-order valence-corrected chi connectivity index (χ3v) is 2.96. The molecule has 0 heterocycles. The van der Waals surface area contributed by atoms with E-state index in [-0.39, 0.29) is 6.42 Å². The number of carbonyl (C=O) groups excluding carboxylic acids is 1. The van der Waals surface area contributed by atoms with Gasteiger partial charge in [-0.15, -0.1) is 0 Å². The van der Waals surface area contributed by atoms with Crippen molar-refractivity contribution >= 4 is 5.78 Å². The number of ketones is 1. The summed E-state index contributed by atoms with van der Waals surface area (Å²) in [7, 11) is 0. The zero-order valence-corrected chi connectivity index (χ0v) is 11.6. The first-order valence-corrected chi connectivity index (χ1v) is 6.98. The fourth-order valence-corrected chi connectivity index (χ4v) is 1.84. The van der Waals surface area contributed by atoms with Crippen LogP contribution in [0.1, 0.15) is 51.9 Å². The maximum Gasteiger partial charge on any atom is 0.451 e. The Balaban J connectivity index is 4.18. The molecule has 114 valence electrons. The van der Waals surface area contributed by atoms with Crippen LogP contribution < -0.4 is 11.1 Å². The van der Waals surface area contributed by atoms with Gasteiger partial charge in [-0.2, -0.15) is 13.2 Å². The lowest BCUT2D eigenvalue weighted by molar-refractivity contribution is -0.173. The number of unbranched alkanes of at least 4 members (excludes halogenated alkanes) is 4. The molecule has 0 fully saturated rings. The fraction of sp³-hybridized carbons (Fsp3) is 0.923. The van der Waals surface area contributed by atoms with Crippen molar-refractivity contribution in [1.82, 2.24) is 5.32 Å². The van der Waals surface area contributed by atoms with E-state index in [0.29, 0.717) is 19.5 Å². The van der Waals surface area contributed by atoms with Gasteiger partial charge in [-0.25, -0.2) is 0 Å². The van der Waals surface area contributed by atoms with E-state index in [1.807, 2.05) is 6.92 Å². The summed E-state index contributed by atoms with van der Waals surface area (Å²) in [6.45, 7) is 3.00. The van der Waals surface area contributed by atoms with Crippen LogP contribution >= 0.6 is 0 Å². The van der Waals surface area contributed by atoms with Crippen LogP contribution in [0.5, 0.6) is 0 Å². The number of halogens is 3. The van der Waals surface area contributed by atoms with E-state index in [1.165, 1.54) is 0 Å². The number of hydrogen-bond donors (Lipinski definition) is 2. The molecule has 19 heavy (non-hydrogen) atoms. The van der Waals surface area contributed by atoms with Crippen molar-refractivity contribution in [2.24, 2.45) is 5.73 Å². The molecule has 0 saturated heterocycles. The Bertz CT molecular complexity index is 233. The highest BCUT2D eigenvalue weighted by atomic mass is 19.4. The lowest BCUT2D eigenvalue weighted by atomic mass is 10.0. The summed E-state index contributed by atoms with van der Waals surface area (Å²) in [5.74, 6) is -1.66. The van der Waals surface area contributed by atoms with Gasteiger partial charge < -0.3 is 11.1 Å². The van der Waals surface area contributed by atoms with E-state index < -0.39 is 18.0 Å². The highest BCUT2D eigenvalue weighted by Gasteiger charge is 2.42. The van der Waals surface area contributed by atoms with Gasteiger partial charge in [0.2, 0.25) is 0 Å². The summed E-state index contributed by atoms with van der Waals surface area (Å²) in [6, 6.07) is -1.10. The molecule has 0 amide bonds. The average Bonchev–Trinajstić information content (AvgIpc) is 2.35. The van der Waals surface area contributed by atoms with Gasteiger partial charge in [-0.05, 0) is 32.4 Å². The Kier molecular flexibility index (Phi) is 9.87. The van der Waals surface area contributed by atoms with E-state index in [1.54, 1.807) is 0 Å². The second kappa shape index (κ2) is 10.2. The third kappa shape index (κ3) is 8.99. The predicted octanol–water partition coefficient (Wildman–Crippen LogP) is 2.79. The lowest BCUT2D eigenvalue weighted by Crippen LogP contribution is -2.44. The van der Waals surface area contributed by atoms with Crippen LogP contribution in [0, 0.1) is 0 Å². The minimum Gasteiger partial charge on any atom is -0.330 e. The standard InChI is InChI=1S/C13H25F3N2O/c1-2-3-7-10-18-11(8-5-4-6-9-17)12(19)13(14,15)16/h11,18H,2-10,17H2,1H3. The molecular weight excluding hydrogens is 257 g/mol. The summed E-state index contributed by atoms with van der Waals surface area (Å²) in [5.41, 5.74) is 5.33. The Morgan fingerprint density at radius 3 is 2.37 bits per heavy atom. The second-order valence-corrected chi connectivity index (χ2v) is 4.71. The van der Waals surface area contributed by atoms with Crippen molar-refractivity contribution in [3.05, 3.63) is 0 Å². The SMILES string of the molecule is CCCCCNC(CCCCCN)C(=O)C(F)(F)F. The van der Waals surface area contributed by atoms with Crippen LogP contribution in [0.4, 0.5) is 13.2 Å². The van der Waals surface area contributed by atoms with Crippen molar-refractivity contribution in [1.29, 1.82) is 0 Å². The Labute approximate surface area is 113 Å². The number of Topliss-reactive ketones (excluding diaryl/α,β-unsaturated/α-hetero) is 1. The predicted molar refractivity (Wildman–Crippen MR) is 69.9 cm³/mol. The van der Waals surface area contributed by atoms with E-state index in [2.05, 4.69) is 5.32 Å². The molecule has 0 aromatic heterocycles. The highest BCUT2D eigenvalue weighted by molar-refractivity contribution is 5.89. The molecule has 1 atom stereocenters. The molecule has 1 unspecified atom stereocenters. The van der Waals surface area contributed by atoms with Crippen molar-refractivity contribution in [3.8, 4) is 0 Å². The van der Waals surface area contributed by atoms with Gasteiger partial charge >= 0.3 is 6.18 Å². The summed E-state index contributed by atoms with van der Waals surface area (Å²) in [4.78, 5) is 11.3. The van der Waals surface area contributed by atoms with Crippen LogP contribution in [0.3, 0.4) is 0 Å². The van der Waals surface area contributed by atoms with Crippen LogP contribution in [-0.4, -0.2) is 31.1 Å². The zero-order chi connectivity index (χ0) is 14.7. The van der Waals surface area contributed by atoms with Gasteiger partial charge in [0.1, 0.15) is 0 Å². The lowest BCUT2D eigenvalue weighted by Gasteiger charge is -2.19. The monoisotopic (exact) mass is 282 g/mol. The van der Waals surface area contributed by atoms with Gasteiger partial charge in [0.15, 0.2) is 0 Å². The molecule has 0 rings (SSSR count). The van der Waals surface area contributed by atoms with Gasteiger partial charge in [0, 0.05) is 0 Å². The molecular formula is C13H25F3N2O. The maximum atomic E-state index is 12.4. The smallest absolute Gasteiger partial charge is 0.330 e. The molecule has 0 spiro atoms. The second-order valence-electron chi connectivity index (χ2n) is 4.71. The fourth-order valence-electron chi connectivity index (χ4n) is 1.84. The number of hydrogen-bond acceptors (Lipinski definition) is 3. The number of carbonyl (C=O) groups is 1. The van der Waals surface area contributed by atoms with Crippen molar-refractivity contribution in [2.75, 3.05) is 13.1 Å². The molecule has 0 aliphatic rings. The zero-order valence-electron chi connectivity index (χ0n) is 11.6. The highest BCUT2D eigenvalue weighted by Crippen LogP contribution is 2.20. The molecule has 0 aromatic carbocycles. The molecule has 0 aliphatic carbocycles. The molecule has 3 N–H and O–H groups in total. The first-order valence-electron chi connectivity index (χ1n) is 6.98. The average molecular weight is 282 g/mol. The van der Waals surface area contributed by atoms with Crippen LogP contribution in [-0.2, 0) is 4.79 Å². The van der Waals surface area contributed by atoms with E-state index in [9.17, 15) is 18.0 Å². The van der Waals surface area contributed by atoms with Gasteiger partial charge in [0.25, 0.3) is 5.78 Å².